The van der Waals surface area contributed by atoms with Crippen LogP contribution in [0.4, 0.5) is 13.2 Å². The Bertz CT molecular complexity index is 349. The van der Waals surface area contributed by atoms with Gasteiger partial charge in [-0.3, -0.25) is 4.79 Å². The van der Waals surface area contributed by atoms with Crippen molar-refractivity contribution in [1.29, 1.82) is 0 Å². The van der Waals surface area contributed by atoms with Crippen molar-refractivity contribution in [3.8, 4) is 0 Å². The summed E-state index contributed by atoms with van der Waals surface area (Å²) in [7, 11) is 0. The number of rotatable bonds is 3. The fourth-order valence-corrected chi connectivity index (χ4v) is 4.62. The van der Waals surface area contributed by atoms with E-state index in [4.69, 9.17) is 4.74 Å². The van der Waals surface area contributed by atoms with E-state index in [-0.39, 0.29) is 11.7 Å². The molecule has 0 aliphatic carbocycles. The second-order valence-electron chi connectivity index (χ2n) is 5.34. The van der Waals surface area contributed by atoms with Gasteiger partial charge >= 0.3 is 12.1 Å². The largest absolute Gasteiger partial charge is 0.450 e. The van der Waals surface area contributed by atoms with Crippen LogP contribution in [0.2, 0.25) is 0 Å². The van der Waals surface area contributed by atoms with Crippen LogP contribution >= 0.6 is 23.5 Å². The number of esters is 1. The maximum absolute atomic E-state index is 13.0. The monoisotopic (exact) mass is 330 g/mol. The van der Waals surface area contributed by atoms with Crippen LogP contribution in [0.5, 0.6) is 0 Å². The molecule has 0 aromatic carbocycles. The Morgan fingerprint density at radius 3 is 2.40 bits per heavy atom. The molecule has 118 valence electrons. The summed E-state index contributed by atoms with van der Waals surface area (Å²) < 4.78 is 44.2. The Hall–Kier alpha value is -0.0400. The highest BCUT2D eigenvalue weighted by atomic mass is 32.2. The first kappa shape index (κ1) is 18.0. The van der Waals surface area contributed by atoms with Gasteiger partial charge < -0.3 is 4.74 Å². The van der Waals surface area contributed by atoms with Crippen LogP contribution in [0, 0.1) is 5.41 Å². The number of halogens is 3. The normalized spacial score (nSPS) is 31.2. The molecule has 1 rings (SSSR count). The molecule has 7 heteroatoms. The molecular weight excluding hydrogens is 309 g/mol. The zero-order valence-corrected chi connectivity index (χ0v) is 13.8. The van der Waals surface area contributed by atoms with Crippen LogP contribution in [0.15, 0.2) is 0 Å². The molecule has 0 saturated carbocycles. The second-order valence-corrected chi connectivity index (χ2v) is 8.42. The lowest BCUT2D eigenvalue weighted by molar-refractivity contribution is -0.231. The molecule has 1 aliphatic heterocycles. The standard InChI is InChI=1S/C13H21F3O2S2/c1-5-12(4,13(14,15)16)11(17)18-10-7-19-8(2)6-9(3)20-10/h8-10H,5-7H2,1-4H3. The van der Waals surface area contributed by atoms with Crippen molar-refractivity contribution in [3.05, 3.63) is 0 Å². The third kappa shape index (κ3) is 4.23. The fourth-order valence-electron chi connectivity index (χ4n) is 1.90. The van der Waals surface area contributed by atoms with Gasteiger partial charge in [0.15, 0.2) is 10.9 Å². The van der Waals surface area contributed by atoms with E-state index in [0.29, 0.717) is 11.0 Å². The summed E-state index contributed by atoms with van der Waals surface area (Å²) in [6.45, 7) is 6.36. The van der Waals surface area contributed by atoms with Crippen LogP contribution in [-0.2, 0) is 9.53 Å². The van der Waals surface area contributed by atoms with Crippen molar-refractivity contribution in [3.63, 3.8) is 0 Å². The lowest BCUT2D eigenvalue weighted by Gasteiger charge is -2.30. The minimum Gasteiger partial charge on any atom is -0.450 e. The van der Waals surface area contributed by atoms with Crippen LogP contribution in [0.1, 0.15) is 40.5 Å². The van der Waals surface area contributed by atoms with Crippen LogP contribution in [-0.4, -0.2) is 33.8 Å². The lowest BCUT2D eigenvalue weighted by atomic mass is 9.87. The van der Waals surface area contributed by atoms with E-state index in [1.165, 1.54) is 18.7 Å². The summed E-state index contributed by atoms with van der Waals surface area (Å²) in [6.07, 6.45) is -3.93. The molecule has 1 heterocycles. The molecule has 1 fully saturated rings. The van der Waals surface area contributed by atoms with Crippen molar-refractivity contribution < 1.29 is 22.7 Å². The number of carbonyl (C=O) groups is 1. The zero-order valence-electron chi connectivity index (χ0n) is 12.1. The first-order valence-electron chi connectivity index (χ1n) is 6.65. The third-order valence-electron chi connectivity index (χ3n) is 3.59. The Morgan fingerprint density at radius 1 is 1.30 bits per heavy atom. The third-order valence-corrected chi connectivity index (χ3v) is 6.28. The van der Waals surface area contributed by atoms with Gasteiger partial charge in [-0.15, -0.1) is 11.8 Å². The number of carbonyl (C=O) groups excluding carboxylic acids is 1. The Morgan fingerprint density at radius 2 is 1.90 bits per heavy atom. The number of hydrogen-bond donors (Lipinski definition) is 0. The molecule has 0 radical (unpaired) electrons. The van der Waals surface area contributed by atoms with Gasteiger partial charge in [0.1, 0.15) is 0 Å². The summed E-state index contributed by atoms with van der Waals surface area (Å²) in [6, 6.07) is 0. The lowest BCUT2D eigenvalue weighted by Crippen LogP contribution is -2.44. The van der Waals surface area contributed by atoms with E-state index >= 15 is 0 Å². The van der Waals surface area contributed by atoms with E-state index in [1.807, 2.05) is 6.92 Å². The molecule has 4 unspecified atom stereocenters. The number of ether oxygens (including phenoxy) is 1. The maximum atomic E-state index is 13.0. The first-order valence-corrected chi connectivity index (χ1v) is 8.64. The van der Waals surface area contributed by atoms with Crippen molar-refractivity contribution >= 4 is 29.5 Å². The Balaban J connectivity index is 2.74. The van der Waals surface area contributed by atoms with E-state index in [9.17, 15) is 18.0 Å². The average Bonchev–Trinajstić information content (AvgIpc) is 2.47. The van der Waals surface area contributed by atoms with Crippen molar-refractivity contribution in [2.45, 2.75) is 62.6 Å². The molecule has 1 saturated heterocycles. The summed E-state index contributed by atoms with van der Waals surface area (Å²) in [4.78, 5) is 11.9. The number of hydrogen-bond acceptors (Lipinski definition) is 4. The molecule has 0 aromatic rings. The van der Waals surface area contributed by atoms with Crippen LogP contribution < -0.4 is 0 Å². The highest BCUT2D eigenvalue weighted by molar-refractivity contribution is 8.04. The topological polar surface area (TPSA) is 26.3 Å². The molecule has 0 bridgehead atoms. The van der Waals surface area contributed by atoms with E-state index in [0.717, 1.165) is 13.3 Å². The first-order chi connectivity index (χ1) is 9.10. The molecule has 0 amide bonds. The van der Waals surface area contributed by atoms with Gasteiger partial charge in [0, 0.05) is 16.3 Å². The van der Waals surface area contributed by atoms with E-state index in [1.54, 1.807) is 11.8 Å². The van der Waals surface area contributed by atoms with Gasteiger partial charge in [-0.1, -0.05) is 20.8 Å². The molecule has 2 nitrogen and oxygen atoms in total. The Labute approximate surface area is 126 Å². The van der Waals surface area contributed by atoms with Crippen molar-refractivity contribution in [1.82, 2.24) is 0 Å². The summed E-state index contributed by atoms with van der Waals surface area (Å²) >= 11 is 3.08. The van der Waals surface area contributed by atoms with Crippen LogP contribution in [0.3, 0.4) is 0 Å². The Kier molecular flexibility index (Phi) is 6.14. The molecule has 0 spiro atoms. The summed E-state index contributed by atoms with van der Waals surface area (Å²) in [5.41, 5.74) is -2.92. The molecule has 4 atom stereocenters. The number of thioether (sulfide) groups is 2. The van der Waals surface area contributed by atoms with Gasteiger partial charge in [0.25, 0.3) is 0 Å². The van der Waals surface area contributed by atoms with E-state index < -0.39 is 23.0 Å². The predicted molar refractivity (Wildman–Crippen MR) is 77.9 cm³/mol. The zero-order chi connectivity index (χ0) is 15.6. The highest BCUT2D eigenvalue weighted by Gasteiger charge is 2.57. The van der Waals surface area contributed by atoms with Gasteiger partial charge in [0.05, 0.1) is 0 Å². The predicted octanol–water partition coefficient (Wildman–Crippen LogP) is 4.48. The second kappa shape index (κ2) is 6.81. The number of alkyl halides is 3. The van der Waals surface area contributed by atoms with Gasteiger partial charge in [-0.25, -0.2) is 0 Å². The molecule has 0 N–H and O–H groups in total. The SMILES string of the molecule is CCC(C)(C(=O)OC1CSC(C)CC(C)S1)C(F)(F)F. The highest BCUT2D eigenvalue weighted by Crippen LogP contribution is 2.43. The molecule has 0 aromatic heterocycles. The quantitative estimate of drug-likeness (QED) is 0.713. The minimum absolute atomic E-state index is 0.275. The smallest absolute Gasteiger partial charge is 0.404 e. The van der Waals surface area contributed by atoms with Gasteiger partial charge in [-0.05, 0) is 19.8 Å². The van der Waals surface area contributed by atoms with Gasteiger partial charge in [-0.2, -0.15) is 24.9 Å². The van der Waals surface area contributed by atoms with Gasteiger partial charge in [0.2, 0.25) is 0 Å². The average molecular weight is 330 g/mol. The molecular formula is C13H21F3O2S2. The summed E-state index contributed by atoms with van der Waals surface area (Å²) in [5.74, 6) is -0.619. The molecule has 20 heavy (non-hydrogen) atoms. The summed E-state index contributed by atoms with van der Waals surface area (Å²) in [5, 5.41) is 0.706. The fraction of sp³-hybridized carbons (Fsp3) is 0.923. The molecule has 1 aliphatic rings. The maximum Gasteiger partial charge on any atom is 0.404 e. The van der Waals surface area contributed by atoms with Crippen molar-refractivity contribution in [2.24, 2.45) is 5.41 Å². The minimum atomic E-state index is -4.58. The van der Waals surface area contributed by atoms with Crippen LogP contribution in [0.25, 0.3) is 0 Å². The van der Waals surface area contributed by atoms with Crippen molar-refractivity contribution in [2.75, 3.05) is 5.75 Å². The van der Waals surface area contributed by atoms with E-state index in [2.05, 4.69) is 6.92 Å².